The molecule has 136 valence electrons. The van der Waals surface area contributed by atoms with Gasteiger partial charge in [0.05, 0.1) is 6.42 Å². The molecular weight excluding hydrogens is 335 g/mol. The fourth-order valence-electron chi connectivity index (χ4n) is 3.11. The Hall–Kier alpha value is -2.19. The summed E-state index contributed by atoms with van der Waals surface area (Å²) >= 11 is 0. The van der Waals surface area contributed by atoms with E-state index >= 15 is 0 Å². The summed E-state index contributed by atoms with van der Waals surface area (Å²) in [5, 5.41) is 3.51. The third kappa shape index (κ3) is 3.45. The van der Waals surface area contributed by atoms with Crippen LogP contribution in [0.25, 0.3) is 5.78 Å². The Kier molecular flexibility index (Phi) is 4.42. The molecule has 6 nitrogen and oxygen atoms in total. The fraction of sp³-hybridized carbons (Fsp3) is 0.625. The van der Waals surface area contributed by atoms with Crippen LogP contribution in [0.15, 0.2) is 0 Å². The average Bonchev–Trinajstić information content (AvgIpc) is 2.96. The molecule has 0 aliphatic carbocycles. The van der Waals surface area contributed by atoms with Gasteiger partial charge in [-0.3, -0.25) is 4.79 Å². The third-order valence-electron chi connectivity index (χ3n) is 4.77. The number of aryl methyl sites for hydroxylation is 2. The molecule has 1 aliphatic rings. The predicted molar refractivity (Wildman–Crippen MR) is 83.9 cm³/mol. The van der Waals surface area contributed by atoms with Crippen LogP contribution >= 0.6 is 0 Å². The molecule has 0 spiro atoms. The Morgan fingerprint density at radius 2 is 1.84 bits per heavy atom. The van der Waals surface area contributed by atoms with Crippen molar-refractivity contribution in [3.8, 4) is 0 Å². The molecule has 0 N–H and O–H groups in total. The summed E-state index contributed by atoms with van der Waals surface area (Å²) in [6.45, 7) is 6.91. The molecule has 9 heteroatoms. The van der Waals surface area contributed by atoms with Crippen LogP contribution in [0.1, 0.15) is 42.5 Å². The third-order valence-corrected chi connectivity index (χ3v) is 4.77. The van der Waals surface area contributed by atoms with E-state index in [1.807, 2.05) is 4.90 Å². The molecule has 0 bridgehead atoms. The Morgan fingerprint density at radius 1 is 1.20 bits per heavy atom. The first-order chi connectivity index (χ1) is 11.7. The molecule has 2 aromatic rings. The van der Waals surface area contributed by atoms with Gasteiger partial charge in [0.25, 0.3) is 11.6 Å². The second-order valence-electron chi connectivity index (χ2n) is 6.65. The summed E-state index contributed by atoms with van der Waals surface area (Å²) in [7, 11) is 0. The van der Waals surface area contributed by atoms with Gasteiger partial charge in [0.1, 0.15) is 0 Å². The Balaban J connectivity index is 1.89. The predicted octanol–water partition coefficient (Wildman–Crippen LogP) is 2.56. The lowest BCUT2D eigenvalue weighted by molar-refractivity contribution is -0.144. The Morgan fingerprint density at radius 3 is 2.44 bits per heavy atom. The lowest BCUT2D eigenvalue weighted by atomic mass is 9.98. The number of hydrogen-bond acceptors (Lipinski definition) is 4. The van der Waals surface area contributed by atoms with E-state index in [1.54, 1.807) is 13.8 Å². The number of aromatic nitrogens is 4. The molecule has 3 heterocycles. The quantitative estimate of drug-likeness (QED) is 0.831. The first kappa shape index (κ1) is 17.6. The van der Waals surface area contributed by atoms with Gasteiger partial charge in [0.2, 0.25) is 5.91 Å². The molecule has 1 fully saturated rings. The van der Waals surface area contributed by atoms with E-state index in [2.05, 4.69) is 22.0 Å². The monoisotopic (exact) mass is 355 g/mol. The van der Waals surface area contributed by atoms with Gasteiger partial charge in [0, 0.05) is 30.0 Å². The number of carbonyl (C=O) groups excluding carboxylic acids is 1. The second-order valence-corrected chi connectivity index (χ2v) is 6.65. The number of fused-ring (bicyclic) bond motifs is 1. The highest BCUT2D eigenvalue weighted by Crippen LogP contribution is 2.27. The molecule has 0 saturated carbocycles. The SMILES string of the molecule is Cc1nc2nc(C(F)(F)F)nn2c(C)c1CC(=O)N1CCC(C)CC1. The molecule has 0 aromatic carbocycles. The van der Waals surface area contributed by atoms with Gasteiger partial charge in [-0.15, -0.1) is 5.10 Å². The van der Waals surface area contributed by atoms with Crippen molar-refractivity contribution in [1.29, 1.82) is 0 Å². The van der Waals surface area contributed by atoms with Gasteiger partial charge >= 0.3 is 6.18 Å². The van der Waals surface area contributed by atoms with Crippen LogP contribution in [-0.2, 0) is 17.4 Å². The number of alkyl halides is 3. The van der Waals surface area contributed by atoms with Crippen molar-refractivity contribution in [2.24, 2.45) is 5.92 Å². The largest absolute Gasteiger partial charge is 0.453 e. The number of hydrogen-bond donors (Lipinski definition) is 0. The summed E-state index contributed by atoms with van der Waals surface area (Å²) in [4.78, 5) is 21.9. The molecule has 1 amide bonds. The maximum absolute atomic E-state index is 12.8. The Labute approximate surface area is 143 Å². The summed E-state index contributed by atoms with van der Waals surface area (Å²) in [6, 6.07) is 0. The molecule has 25 heavy (non-hydrogen) atoms. The minimum Gasteiger partial charge on any atom is -0.342 e. The highest BCUT2D eigenvalue weighted by Gasteiger charge is 2.37. The summed E-state index contributed by atoms with van der Waals surface area (Å²) < 4.78 is 39.5. The van der Waals surface area contributed by atoms with E-state index in [0.717, 1.165) is 30.4 Å². The number of carbonyl (C=O) groups is 1. The van der Waals surface area contributed by atoms with Crippen LogP contribution in [0.2, 0.25) is 0 Å². The number of rotatable bonds is 2. The van der Waals surface area contributed by atoms with Gasteiger partial charge in [0.15, 0.2) is 0 Å². The van der Waals surface area contributed by atoms with E-state index in [1.165, 1.54) is 0 Å². The maximum Gasteiger partial charge on any atom is 0.453 e. The topological polar surface area (TPSA) is 63.4 Å². The van der Waals surface area contributed by atoms with Crippen molar-refractivity contribution in [1.82, 2.24) is 24.5 Å². The maximum atomic E-state index is 12.8. The summed E-state index contributed by atoms with van der Waals surface area (Å²) in [5.74, 6) is -0.752. The minimum atomic E-state index is -4.63. The van der Waals surface area contributed by atoms with Gasteiger partial charge in [-0.2, -0.15) is 18.2 Å². The second kappa shape index (κ2) is 6.27. The first-order valence-electron chi connectivity index (χ1n) is 8.24. The van der Waals surface area contributed by atoms with Crippen LogP contribution in [0, 0.1) is 19.8 Å². The first-order valence-corrected chi connectivity index (χ1v) is 8.24. The van der Waals surface area contributed by atoms with Crippen molar-refractivity contribution in [3.63, 3.8) is 0 Å². The Bertz CT molecular complexity index is 806. The highest BCUT2D eigenvalue weighted by atomic mass is 19.4. The van der Waals surface area contributed by atoms with Crippen LogP contribution in [0.3, 0.4) is 0 Å². The number of likely N-dealkylation sites (tertiary alicyclic amines) is 1. The fourth-order valence-corrected chi connectivity index (χ4v) is 3.11. The van der Waals surface area contributed by atoms with E-state index < -0.39 is 12.0 Å². The molecule has 3 rings (SSSR count). The molecule has 0 radical (unpaired) electrons. The summed E-state index contributed by atoms with van der Waals surface area (Å²) in [5.41, 5.74) is 1.57. The zero-order valence-electron chi connectivity index (χ0n) is 14.4. The van der Waals surface area contributed by atoms with Gasteiger partial charge in [-0.25, -0.2) is 9.50 Å². The molecule has 0 unspecified atom stereocenters. The van der Waals surface area contributed by atoms with E-state index in [4.69, 9.17) is 0 Å². The lowest BCUT2D eigenvalue weighted by Gasteiger charge is -2.30. The standard InChI is InChI=1S/C16H20F3N5O/c1-9-4-6-23(7-5-9)13(25)8-12-10(2)20-15-21-14(16(17,18)19)22-24(15)11(12)3/h9H,4-8H2,1-3H3. The van der Waals surface area contributed by atoms with Gasteiger partial charge < -0.3 is 4.90 Å². The zero-order valence-corrected chi connectivity index (χ0v) is 14.4. The molecule has 0 atom stereocenters. The van der Waals surface area contributed by atoms with Crippen molar-refractivity contribution in [2.75, 3.05) is 13.1 Å². The number of piperidine rings is 1. The molecule has 2 aromatic heterocycles. The number of amides is 1. The van der Waals surface area contributed by atoms with Crippen molar-refractivity contribution in [3.05, 3.63) is 22.8 Å². The van der Waals surface area contributed by atoms with Crippen molar-refractivity contribution >= 4 is 11.7 Å². The van der Waals surface area contributed by atoms with Crippen molar-refractivity contribution < 1.29 is 18.0 Å². The van der Waals surface area contributed by atoms with E-state index in [-0.39, 0.29) is 18.1 Å². The van der Waals surface area contributed by atoms with Crippen LogP contribution in [-0.4, -0.2) is 43.5 Å². The van der Waals surface area contributed by atoms with Crippen LogP contribution in [0.5, 0.6) is 0 Å². The van der Waals surface area contributed by atoms with Gasteiger partial charge in [-0.1, -0.05) is 6.92 Å². The summed E-state index contributed by atoms with van der Waals surface area (Å²) in [6.07, 6.45) is -2.58. The normalized spacial score (nSPS) is 16.6. The van der Waals surface area contributed by atoms with E-state index in [9.17, 15) is 18.0 Å². The highest BCUT2D eigenvalue weighted by molar-refractivity contribution is 5.79. The smallest absolute Gasteiger partial charge is 0.342 e. The zero-order chi connectivity index (χ0) is 18.4. The number of halogens is 3. The van der Waals surface area contributed by atoms with E-state index in [0.29, 0.717) is 22.9 Å². The minimum absolute atomic E-state index is 0.0320. The van der Waals surface area contributed by atoms with Gasteiger partial charge in [-0.05, 0) is 32.6 Å². The van der Waals surface area contributed by atoms with Crippen molar-refractivity contribution in [2.45, 2.75) is 46.2 Å². The number of nitrogens with zero attached hydrogens (tertiary/aromatic N) is 5. The molecular formula is C16H20F3N5O. The lowest BCUT2D eigenvalue weighted by Crippen LogP contribution is -2.39. The van der Waals surface area contributed by atoms with Crippen LogP contribution in [0.4, 0.5) is 13.2 Å². The average molecular weight is 355 g/mol. The van der Waals surface area contributed by atoms with Crippen LogP contribution < -0.4 is 0 Å². The molecule has 1 aliphatic heterocycles. The molecule has 1 saturated heterocycles.